The molecule has 0 saturated carbocycles. The smallest absolute Gasteiger partial charge is 0.227 e. The van der Waals surface area contributed by atoms with Crippen LogP contribution in [0.25, 0.3) is 0 Å². The van der Waals surface area contributed by atoms with Crippen LogP contribution in [0.3, 0.4) is 0 Å². The zero-order valence-electron chi connectivity index (χ0n) is 15.8. The van der Waals surface area contributed by atoms with Crippen molar-refractivity contribution >= 4 is 17.6 Å². The van der Waals surface area contributed by atoms with Gasteiger partial charge in [-0.1, -0.05) is 12.1 Å². The Balaban J connectivity index is 1.62. The maximum absolute atomic E-state index is 13.8. The Morgan fingerprint density at radius 3 is 2.61 bits per heavy atom. The Morgan fingerprint density at radius 1 is 1.14 bits per heavy atom. The third-order valence-corrected chi connectivity index (χ3v) is 4.54. The van der Waals surface area contributed by atoms with Gasteiger partial charge in [-0.15, -0.1) is 0 Å². The third kappa shape index (κ3) is 5.06. The lowest BCUT2D eigenvalue weighted by Crippen LogP contribution is -2.37. The van der Waals surface area contributed by atoms with Crippen molar-refractivity contribution in [3.8, 4) is 0 Å². The van der Waals surface area contributed by atoms with Gasteiger partial charge in [0.25, 0.3) is 0 Å². The average Bonchev–Trinajstić information content (AvgIpc) is 3.13. The van der Waals surface area contributed by atoms with Crippen LogP contribution in [-0.2, 0) is 17.9 Å². The number of rotatable bonds is 6. The number of carbonyl (C=O) groups is 1. The Labute approximate surface area is 163 Å². The molecule has 28 heavy (non-hydrogen) atoms. The number of carbonyl (C=O) groups excluding carboxylic acids is 1. The van der Waals surface area contributed by atoms with Gasteiger partial charge in [0.05, 0.1) is 6.54 Å². The van der Waals surface area contributed by atoms with E-state index in [1.54, 1.807) is 4.90 Å². The Kier molecular flexibility index (Phi) is 6.57. The van der Waals surface area contributed by atoms with Crippen LogP contribution in [0.2, 0.25) is 0 Å². The summed E-state index contributed by atoms with van der Waals surface area (Å²) in [7, 11) is 0. The number of amides is 1. The summed E-state index contributed by atoms with van der Waals surface area (Å²) in [5.41, 5.74) is 2.14. The molecule has 5 nitrogen and oxygen atoms in total. The zero-order valence-corrected chi connectivity index (χ0v) is 15.8. The normalized spacial score (nSPS) is 14.5. The van der Waals surface area contributed by atoms with Crippen molar-refractivity contribution in [3.05, 3.63) is 65.2 Å². The number of halogens is 2. The van der Waals surface area contributed by atoms with Crippen molar-refractivity contribution in [2.45, 2.75) is 32.9 Å². The Morgan fingerprint density at radius 2 is 1.93 bits per heavy atom. The molecule has 0 radical (unpaired) electrons. The molecule has 1 fully saturated rings. The molecule has 1 aliphatic heterocycles. The lowest BCUT2D eigenvalue weighted by Gasteiger charge is -2.16. The molecule has 0 spiro atoms. The van der Waals surface area contributed by atoms with Crippen molar-refractivity contribution in [3.63, 3.8) is 0 Å². The third-order valence-electron chi connectivity index (χ3n) is 4.54. The molecule has 0 unspecified atom stereocenters. The molecule has 1 saturated heterocycles. The van der Waals surface area contributed by atoms with Crippen LogP contribution in [0.4, 0.5) is 14.5 Å². The van der Waals surface area contributed by atoms with Gasteiger partial charge in [0.15, 0.2) is 5.96 Å². The predicted octanol–water partition coefficient (Wildman–Crippen LogP) is 3.35. The van der Waals surface area contributed by atoms with E-state index in [0.29, 0.717) is 25.5 Å². The van der Waals surface area contributed by atoms with E-state index in [2.05, 4.69) is 15.6 Å². The highest BCUT2D eigenvalue weighted by Gasteiger charge is 2.21. The Hall–Kier alpha value is -2.96. The maximum Gasteiger partial charge on any atom is 0.227 e. The van der Waals surface area contributed by atoms with Crippen LogP contribution in [0, 0.1) is 11.6 Å². The minimum absolute atomic E-state index is 0.130. The summed E-state index contributed by atoms with van der Waals surface area (Å²) < 4.78 is 27.0. The molecule has 148 valence electrons. The van der Waals surface area contributed by atoms with Crippen LogP contribution in [0.5, 0.6) is 0 Å². The monoisotopic (exact) mass is 386 g/mol. The summed E-state index contributed by atoms with van der Waals surface area (Å²) >= 11 is 0. The molecule has 0 aliphatic carbocycles. The predicted molar refractivity (Wildman–Crippen MR) is 106 cm³/mol. The number of nitrogens with one attached hydrogen (secondary N) is 2. The van der Waals surface area contributed by atoms with Crippen LogP contribution in [0.1, 0.15) is 30.9 Å². The molecule has 0 bridgehead atoms. The number of hydrogen-bond donors (Lipinski definition) is 2. The van der Waals surface area contributed by atoms with Gasteiger partial charge in [0.1, 0.15) is 11.6 Å². The zero-order chi connectivity index (χ0) is 19.9. The summed E-state index contributed by atoms with van der Waals surface area (Å²) in [4.78, 5) is 18.1. The van der Waals surface area contributed by atoms with Crippen LogP contribution in [-0.4, -0.2) is 25.0 Å². The van der Waals surface area contributed by atoms with Gasteiger partial charge in [-0.2, -0.15) is 0 Å². The molecular formula is C21H24F2N4O. The number of anilines is 1. The van der Waals surface area contributed by atoms with Crippen molar-refractivity contribution in [1.82, 2.24) is 10.6 Å². The lowest BCUT2D eigenvalue weighted by molar-refractivity contribution is -0.117. The molecule has 2 N–H and O–H groups in total. The van der Waals surface area contributed by atoms with Gasteiger partial charge in [0, 0.05) is 37.3 Å². The molecular weight excluding hydrogens is 362 g/mol. The average molecular weight is 386 g/mol. The number of benzene rings is 2. The van der Waals surface area contributed by atoms with Gasteiger partial charge < -0.3 is 15.5 Å². The molecule has 1 heterocycles. The van der Waals surface area contributed by atoms with E-state index in [1.165, 1.54) is 6.07 Å². The van der Waals surface area contributed by atoms with Gasteiger partial charge in [-0.25, -0.2) is 13.8 Å². The second-order valence-corrected chi connectivity index (χ2v) is 6.60. The molecule has 1 amide bonds. The fourth-order valence-corrected chi connectivity index (χ4v) is 3.07. The van der Waals surface area contributed by atoms with Crippen molar-refractivity contribution in [2.24, 2.45) is 4.99 Å². The van der Waals surface area contributed by atoms with E-state index in [0.717, 1.165) is 36.3 Å². The van der Waals surface area contributed by atoms with Gasteiger partial charge >= 0.3 is 0 Å². The second-order valence-electron chi connectivity index (χ2n) is 6.60. The van der Waals surface area contributed by atoms with Gasteiger partial charge in [-0.05, 0) is 49.2 Å². The molecule has 2 aromatic rings. The van der Waals surface area contributed by atoms with E-state index < -0.39 is 11.6 Å². The number of nitrogens with zero attached hydrogens (tertiary/aromatic N) is 2. The molecule has 3 rings (SSSR count). The van der Waals surface area contributed by atoms with Crippen molar-refractivity contribution in [1.29, 1.82) is 0 Å². The van der Waals surface area contributed by atoms with Crippen LogP contribution < -0.4 is 15.5 Å². The highest BCUT2D eigenvalue weighted by Crippen LogP contribution is 2.21. The fourth-order valence-electron chi connectivity index (χ4n) is 3.07. The minimum Gasteiger partial charge on any atom is -0.357 e. The summed E-state index contributed by atoms with van der Waals surface area (Å²) in [5.74, 6) is -0.257. The number of guanidine groups is 1. The first-order valence-electron chi connectivity index (χ1n) is 9.42. The van der Waals surface area contributed by atoms with Gasteiger partial charge in [0.2, 0.25) is 5.91 Å². The summed E-state index contributed by atoms with van der Waals surface area (Å²) in [6.45, 7) is 3.90. The number of aliphatic imine (C=N–C) groups is 1. The standard InChI is InChI=1S/C21H24F2N4O/c1-2-24-21(26-14-16-12-17(22)7-10-19(16)23)25-13-15-5-8-18(9-6-15)27-11-3-4-20(27)28/h5-10,12H,2-4,11,13-14H2,1H3,(H2,24,25,26). The molecule has 0 atom stereocenters. The first kappa shape index (κ1) is 19.8. The quantitative estimate of drug-likeness (QED) is 0.591. The fraction of sp³-hybridized carbons (Fsp3) is 0.333. The van der Waals surface area contributed by atoms with Gasteiger partial charge in [-0.3, -0.25) is 4.79 Å². The topological polar surface area (TPSA) is 56.7 Å². The van der Waals surface area contributed by atoms with E-state index in [1.807, 2.05) is 31.2 Å². The first-order chi connectivity index (χ1) is 13.6. The van der Waals surface area contributed by atoms with Crippen molar-refractivity contribution < 1.29 is 13.6 Å². The number of hydrogen-bond acceptors (Lipinski definition) is 2. The lowest BCUT2D eigenvalue weighted by atomic mass is 10.2. The molecule has 7 heteroatoms. The SMILES string of the molecule is CCNC(=NCc1ccc(N2CCCC2=O)cc1)NCc1cc(F)ccc1F. The summed E-state index contributed by atoms with van der Waals surface area (Å²) in [5, 5.41) is 6.11. The van der Waals surface area contributed by atoms with E-state index in [4.69, 9.17) is 0 Å². The second kappa shape index (κ2) is 9.30. The molecule has 0 aromatic heterocycles. The van der Waals surface area contributed by atoms with Crippen LogP contribution in [0.15, 0.2) is 47.5 Å². The highest BCUT2D eigenvalue weighted by atomic mass is 19.1. The van der Waals surface area contributed by atoms with E-state index in [-0.39, 0.29) is 18.0 Å². The van der Waals surface area contributed by atoms with Crippen LogP contribution >= 0.6 is 0 Å². The summed E-state index contributed by atoms with van der Waals surface area (Å²) in [6, 6.07) is 11.1. The minimum atomic E-state index is -0.475. The summed E-state index contributed by atoms with van der Waals surface area (Å²) in [6.07, 6.45) is 1.50. The molecule has 2 aromatic carbocycles. The van der Waals surface area contributed by atoms with Crippen molar-refractivity contribution in [2.75, 3.05) is 18.0 Å². The van der Waals surface area contributed by atoms with E-state index in [9.17, 15) is 13.6 Å². The maximum atomic E-state index is 13.8. The van der Waals surface area contributed by atoms with E-state index >= 15 is 0 Å². The highest BCUT2D eigenvalue weighted by molar-refractivity contribution is 5.95. The first-order valence-corrected chi connectivity index (χ1v) is 9.42. The Bertz CT molecular complexity index is 852. The molecule has 1 aliphatic rings. The largest absolute Gasteiger partial charge is 0.357 e.